The molecule has 29 heavy (non-hydrogen) atoms. The van der Waals surface area contributed by atoms with Crippen molar-refractivity contribution in [1.29, 1.82) is 5.26 Å². The molecule has 2 aliphatic rings. The summed E-state index contributed by atoms with van der Waals surface area (Å²) in [5.41, 5.74) is 6.05. The van der Waals surface area contributed by atoms with E-state index in [1.807, 2.05) is 13.8 Å². The molecule has 150 valence electrons. The molecule has 3 aromatic rings. The number of benzene rings is 1. The quantitative estimate of drug-likeness (QED) is 0.636. The third-order valence-electron chi connectivity index (χ3n) is 6.21. The average Bonchev–Trinajstić information content (AvgIpc) is 3.07. The van der Waals surface area contributed by atoms with E-state index in [1.165, 1.54) is 0 Å². The number of nitriles is 1. The minimum Gasteiger partial charge on any atom is -0.438 e. The SMILES string of the molecule is Cc1nc(-c2c(C)c(C#N)c3nc(C4CC4)oc3c2N2CCC(N(C)C)C2)cs1. The van der Waals surface area contributed by atoms with E-state index in [0.717, 1.165) is 71.3 Å². The minimum absolute atomic E-state index is 0.403. The third kappa shape index (κ3) is 3.02. The van der Waals surface area contributed by atoms with Crippen LogP contribution in [0.1, 0.15) is 47.2 Å². The lowest BCUT2D eigenvalue weighted by Gasteiger charge is -2.25. The van der Waals surface area contributed by atoms with Crippen LogP contribution in [0.15, 0.2) is 9.80 Å². The van der Waals surface area contributed by atoms with E-state index in [4.69, 9.17) is 14.4 Å². The first-order valence-corrected chi connectivity index (χ1v) is 11.1. The summed E-state index contributed by atoms with van der Waals surface area (Å²) in [5.74, 6) is 1.19. The van der Waals surface area contributed by atoms with Gasteiger partial charge in [0.15, 0.2) is 11.5 Å². The lowest BCUT2D eigenvalue weighted by molar-refractivity contribution is 0.315. The minimum atomic E-state index is 0.403. The van der Waals surface area contributed by atoms with Crippen LogP contribution in [0.4, 0.5) is 5.69 Å². The molecule has 7 heteroatoms. The lowest BCUT2D eigenvalue weighted by atomic mass is 9.96. The Morgan fingerprint density at radius 1 is 1.24 bits per heavy atom. The Morgan fingerprint density at radius 3 is 2.62 bits per heavy atom. The molecule has 1 aliphatic carbocycles. The van der Waals surface area contributed by atoms with Gasteiger partial charge in [0, 0.05) is 36.0 Å². The summed E-state index contributed by atoms with van der Waals surface area (Å²) in [6.45, 7) is 5.93. The number of fused-ring (bicyclic) bond motifs is 1. The first-order chi connectivity index (χ1) is 14.0. The van der Waals surface area contributed by atoms with E-state index in [9.17, 15) is 5.26 Å². The summed E-state index contributed by atoms with van der Waals surface area (Å²) < 4.78 is 6.36. The Bertz CT molecular complexity index is 1130. The highest BCUT2D eigenvalue weighted by Gasteiger charge is 2.35. The van der Waals surface area contributed by atoms with E-state index in [0.29, 0.717) is 23.0 Å². The van der Waals surface area contributed by atoms with E-state index < -0.39 is 0 Å². The molecule has 6 nitrogen and oxygen atoms in total. The van der Waals surface area contributed by atoms with Gasteiger partial charge in [-0.15, -0.1) is 11.3 Å². The molecule has 1 aliphatic heterocycles. The van der Waals surface area contributed by atoms with Crippen molar-refractivity contribution in [2.45, 2.75) is 45.1 Å². The van der Waals surface area contributed by atoms with Gasteiger partial charge in [0.05, 0.1) is 22.0 Å². The van der Waals surface area contributed by atoms with Crippen molar-refractivity contribution in [1.82, 2.24) is 14.9 Å². The highest BCUT2D eigenvalue weighted by atomic mass is 32.1. The fourth-order valence-electron chi connectivity index (χ4n) is 4.36. The van der Waals surface area contributed by atoms with Crippen LogP contribution in [-0.4, -0.2) is 48.1 Å². The van der Waals surface area contributed by atoms with Gasteiger partial charge in [-0.1, -0.05) is 0 Å². The van der Waals surface area contributed by atoms with Gasteiger partial charge in [-0.2, -0.15) is 5.26 Å². The molecule has 2 fully saturated rings. The van der Waals surface area contributed by atoms with Crippen molar-refractivity contribution in [3.05, 3.63) is 27.4 Å². The van der Waals surface area contributed by atoms with Gasteiger partial charge in [-0.25, -0.2) is 9.97 Å². The third-order valence-corrected chi connectivity index (χ3v) is 6.98. The molecular formula is C22H25N5OS. The number of aromatic nitrogens is 2. The zero-order chi connectivity index (χ0) is 20.3. The standard InChI is InChI=1S/C22H25N5OS/c1-12-16(9-23)19-21(28-22(25-19)14-5-6-14)20(18(12)17-11-29-13(2)24-17)27-8-7-15(10-27)26(3)4/h11,14-15H,5-8,10H2,1-4H3. The fraction of sp³-hybridized carbons (Fsp3) is 0.500. The number of hydrogen-bond donors (Lipinski definition) is 0. The second-order valence-electron chi connectivity index (χ2n) is 8.44. The predicted octanol–water partition coefficient (Wildman–Crippen LogP) is 4.46. The molecule has 0 radical (unpaired) electrons. The van der Waals surface area contributed by atoms with Crippen LogP contribution in [0.3, 0.4) is 0 Å². The first-order valence-electron chi connectivity index (χ1n) is 10.2. The summed E-state index contributed by atoms with van der Waals surface area (Å²) in [7, 11) is 4.27. The first kappa shape index (κ1) is 18.6. The summed E-state index contributed by atoms with van der Waals surface area (Å²) in [6, 6.07) is 2.90. The number of aryl methyl sites for hydroxylation is 1. The number of anilines is 1. The molecule has 5 rings (SSSR count). The Labute approximate surface area is 174 Å². The zero-order valence-corrected chi connectivity index (χ0v) is 18.1. The van der Waals surface area contributed by atoms with E-state index in [1.54, 1.807) is 11.3 Å². The molecule has 1 saturated carbocycles. The van der Waals surface area contributed by atoms with Gasteiger partial charge in [-0.05, 0) is 52.8 Å². The second kappa shape index (κ2) is 6.82. The number of thiazole rings is 1. The predicted molar refractivity (Wildman–Crippen MR) is 116 cm³/mol. The monoisotopic (exact) mass is 407 g/mol. The Morgan fingerprint density at radius 2 is 2.03 bits per heavy atom. The smallest absolute Gasteiger partial charge is 0.198 e. The molecule has 0 bridgehead atoms. The number of oxazole rings is 1. The summed E-state index contributed by atoms with van der Waals surface area (Å²) in [5, 5.41) is 13.1. The number of likely N-dealkylation sites (N-methyl/N-ethyl adjacent to an activating group) is 1. The largest absolute Gasteiger partial charge is 0.438 e. The fourth-order valence-corrected chi connectivity index (χ4v) is 4.97. The van der Waals surface area contributed by atoms with Gasteiger partial charge in [0.2, 0.25) is 0 Å². The van der Waals surface area contributed by atoms with Crippen molar-refractivity contribution in [2.24, 2.45) is 0 Å². The molecule has 1 atom stereocenters. The van der Waals surface area contributed by atoms with Crippen LogP contribution in [0.25, 0.3) is 22.4 Å². The van der Waals surface area contributed by atoms with Crippen molar-refractivity contribution in [2.75, 3.05) is 32.1 Å². The van der Waals surface area contributed by atoms with Gasteiger partial charge >= 0.3 is 0 Å². The van der Waals surface area contributed by atoms with Crippen molar-refractivity contribution in [3.63, 3.8) is 0 Å². The van der Waals surface area contributed by atoms with Crippen LogP contribution in [-0.2, 0) is 0 Å². The molecular weight excluding hydrogens is 382 g/mol. The molecule has 3 heterocycles. The molecule has 1 unspecified atom stereocenters. The Hall–Kier alpha value is -2.43. The van der Waals surface area contributed by atoms with Gasteiger partial charge < -0.3 is 14.2 Å². The maximum Gasteiger partial charge on any atom is 0.198 e. The van der Waals surface area contributed by atoms with Crippen molar-refractivity contribution < 1.29 is 4.42 Å². The van der Waals surface area contributed by atoms with E-state index in [-0.39, 0.29) is 0 Å². The number of rotatable bonds is 4. The van der Waals surface area contributed by atoms with Crippen LogP contribution >= 0.6 is 11.3 Å². The number of nitrogens with zero attached hydrogens (tertiary/aromatic N) is 5. The highest BCUT2D eigenvalue weighted by Crippen LogP contribution is 2.47. The molecule has 0 amide bonds. The van der Waals surface area contributed by atoms with Gasteiger partial charge in [-0.3, -0.25) is 0 Å². The maximum atomic E-state index is 9.96. The Kier molecular flexibility index (Phi) is 4.37. The second-order valence-corrected chi connectivity index (χ2v) is 9.51. The molecule has 1 aromatic carbocycles. The van der Waals surface area contributed by atoms with Crippen molar-refractivity contribution >= 4 is 28.1 Å². The lowest BCUT2D eigenvalue weighted by Crippen LogP contribution is -2.31. The van der Waals surface area contributed by atoms with Crippen LogP contribution in [0, 0.1) is 25.2 Å². The van der Waals surface area contributed by atoms with E-state index >= 15 is 0 Å². The summed E-state index contributed by atoms with van der Waals surface area (Å²) in [4.78, 5) is 14.3. The van der Waals surface area contributed by atoms with E-state index in [2.05, 4.69) is 35.3 Å². The van der Waals surface area contributed by atoms with Crippen LogP contribution < -0.4 is 4.90 Å². The normalized spacial score (nSPS) is 19.4. The summed E-state index contributed by atoms with van der Waals surface area (Å²) >= 11 is 1.64. The molecule has 1 saturated heterocycles. The van der Waals surface area contributed by atoms with Gasteiger partial charge in [0.25, 0.3) is 0 Å². The van der Waals surface area contributed by atoms with Crippen LogP contribution in [0.2, 0.25) is 0 Å². The van der Waals surface area contributed by atoms with Crippen molar-refractivity contribution in [3.8, 4) is 17.3 Å². The Balaban J connectivity index is 1.78. The average molecular weight is 408 g/mol. The molecule has 0 spiro atoms. The highest BCUT2D eigenvalue weighted by molar-refractivity contribution is 7.09. The number of hydrogen-bond acceptors (Lipinski definition) is 7. The summed E-state index contributed by atoms with van der Waals surface area (Å²) in [6.07, 6.45) is 3.34. The zero-order valence-electron chi connectivity index (χ0n) is 17.3. The molecule has 0 N–H and O–H groups in total. The molecule has 2 aromatic heterocycles. The maximum absolute atomic E-state index is 9.96. The van der Waals surface area contributed by atoms with Crippen LogP contribution in [0.5, 0.6) is 0 Å². The topological polar surface area (TPSA) is 69.2 Å². The van der Waals surface area contributed by atoms with Gasteiger partial charge in [0.1, 0.15) is 11.6 Å².